The summed E-state index contributed by atoms with van der Waals surface area (Å²) in [6, 6.07) is 18.0. The maximum Gasteiger partial charge on any atom is 0.357 e. The van der Waals surface area contributed by atoms with Crippen molar-refractivity contribution in [2.75, 3.05) is 6.61 Å². The molecule has 0 unspecified atom stereocenters. The number of hydrogen-bond acceptors (Lipinski definition) is 3. The summed E-state index contributed by atoms with van der Waals surface area (Å²) in [5, 5.41) is 1.84. The largest absolute Gasteiger partial charge is 0.461 e. The molecule has 0 radical (unpaired) electrons. The summed E-state index contributed by atoms with van der Waals surface area (Å²) in [4.78, 5) is 16.7. The molecule has 0 aliphatic carbocycles. The SMILES string of the molecule is CCCCOC(=O)c1nccc2cccc(-c3ccccc3)c12. The molecule has 0 saturated heterocycles. The standard InChI is InChI=1S/C20H19NO2/c1-2-3-14-23-20(22)19-18-16(12-13-21-19)10-7-11-17(18)15-8-5-4-6-9-15/h4-13H,2-3,14H2,1H3. The molecule has 1 aromatic heterocycles. The van der Waals surface area contributed by atoms with Gasteiger partial charge in [-0.2, -0.15) is 0 Å². The Bertz CT molecular complexity index is 807. The van der Waals surface area contributed by atoms with Gasteiger partial charge in [-0.3, -0.25) is 0 Å². The molecule has 0 N–H and O–H groups in total. The highest BCUT2D eigenvalue weighted by atomic mass is 16.5. The van der Waals surface area contributed by atoms with Crippen molar-refractivity contribution in [1.82, 2.24) is 4.98 Å². The number of carbonyl (C=O) groups is 1. The summed E-state index contributed by atoms with van der Waals surface area (Å²) in [5.74, 6) is -0.354. The van der Waals surface area contributed by atoms with Gasteiger partial charge >= 0.3 is 5.97 Å². The highest BCUT2D eigenvalue weighted by Crippen LogP contribution is 2.30. The van der Waals surface area contributed by atoms with E-state index < -0.39 is 0 Å². The van der Waals surface area contributed by atoms with Crippen LogP contribution >= 0.6 is 0 Å². The Balaban J connectivity index is 2.10. The van der Waals surface area contributed by atoms with E-state index in [4.69, 9.17) is 4.74 Å². The molecule has 3 heteroatoms. The minimum Gasteiger partial charge on any atom is -0.461 e. The second-order valence-corrected chi connectivity index (χ2v) is 5.42. The summed E-state index contributed by atoms with van der Waals surface area (Å²) in [5.41, 5.74) is 2.45. The molecule has 0 aliphatic rings. The Labute approximate surface area is 135 Å². The Morgan fingerprint density at radius 1 is 1.04 bits per heavy atom. The topological polar surface area (TPSA) is 39.2 Å². The Kier molecular flexibility index (Phi) is 4.67. The molecule has 1 heterocycles. The molecule has 0 bridgehead atoms. The van der Waals surface area contributed by atoms with Crippen molar-refractivity contribution >= 4 is 16.7 Å². The Morgan fingerprint density at radius 2 is 1.87 bits per heavy atom. The number of aromatic nitrogens is 1. The molecule has 0 spiro atoms. The highest BCUT2D eigenvalue weighted by molar-refractivity contribution is 6.09. The van der Waals surface area contributed by atoms with E-state index in [2.05, 4.69) is 11.9 Å². The Morgan fingerprint density at radius 3 is 2.65 bits per heavy atom. The number of benzene rings is 2. The van der Waals surface area contributed by atoms with Crippen molar-refractivity contribution < 1.29 is 9.53 Å². The van der Waals surface area contributed by atoms with Crippen LogP contribution in [0.25, 0.3) is 21.9 Å². The molecule has 3 aromatic rings. The molecular weight excluding hydrogens is 286 g/mol. The minimum absolute atomic E-state index is 0.354. The lowest BCUT2D eigenvalue weighted by molar-refractivity contribution is 0.0495. The fourth-order valence-electron chi connectivity index (χ4n) is 2.62. The minimum atomic E-state index is -0.354. The molecule has 2 aromatic carbocycles. The van der Waals surface area contributed by atoms with Gasteiger partial charge in [0.1, 0.15) is 0 Å². The van der Waals surface area contributed by atoms with Crippen LogP contribution in [0.3, 0.4) is 0 Å². The first-order valence-corrected chi connectivity index (χ1v) is 7.91. The van der Waals surface area contributed by atoms with Crippen molar-refractivity contribution in [3.63, 3.8) is 0 Å². The monoisotopic (exact) mass is 305 g/mol. The molecule has 0 fully saturated rings. The number of ether oxygens (including phenoxy) is 1. The molecule has 3 nitrogen and oxygen atoms in total. The van der Waals surface area contributed by atoms with E-state index in [1.165, 1.54) is 0 Å². The fourth-order valence-corrected chi connectivity index (χ4v) is 2.62. The lowest BCUT2D eigenvalue weighted by atomic mass is 9.97. The van der Waals surface area contributed by atoms with E-state index in [1.807, 2.05) is 54.6 Å². The number of fused-ring (bicyclic) bond motifs is 1. The maximum atomic E-state index is 12.4. The molecule has 0 amide bonds. The van der Waals surface area contributed by atoms with Crippen LogP contribution in [0.15, 0.2) is 60.8 Å². The van der Waals surface area contributed by atoms with Crippen molar-refractivity contribution in [1.29, 1.82) is 0 Å². The smallest absolute Gasteiger partial charge is 0.357 e. The van der Waals surface area contributed by atoms with Crippen LogP contribution in [-0.2, 0) is 4.74 Å². The molecule has 0 aliphatic heterocycles. The normalized spacial score (nSPS) is 10.7. The summed E-state index contributed by atoms with van der Waals surface area (Å²) in [6.45, 7) is 2.50. The second-order valence-electron chi connectivity index (χ2n) is 5.42. The third-order valence-electron chi connectivity index (χ3n) is 3.80. The highest BCUT2D eigenvalue weighted by Gasteiger charge is 2.16. The van der Waals surface area contributed by atoms with Gasteiger partial charge in [-0.1, -0.05) is 61.9 Å². The number of carbonyl (C=O) groups excluding carboxylic acids is 1. The van der Waals surface area contributed by atoms with E-state index >= 15 is 0 Å². The number of hydrogen-bond donors (Lipinski definition) is 0. The van der Waals surface area contributed by atoms with E-state index in [0.717, 1.165) is 34.7 Å². The maximum absolute atomic E-state index is 12.4. The van der Waals surface area contributed by atoms with Gasteiger partial charge in [-0.15, -0.1) is 0 Å². The fraction of sp³-hybridized carbons (Fsp3) is 0.200. The molecular formula is C20H19NO2. The predicted octanol–water partition coefficient (Wildman–Crippen LogP) is 4.86. The van der Waals surface area contributed by atoms with Crippen LogP contribution in [-0.4, -0.2) is 17.6 Å². The van der Waals surface area contributed by atoms with E-state index in [1.54, 1.807) is 6.20 Å². The third-order valence-corrected chi connectivity index (χ3v) is 3.80. The second kappa shape index (κ2) is 7.05. The average Bonchev–Trinajstić information content (AvgIpc) is 2.61. The van der Waals surface area contributed by atoms with E-state index in [9.17, 15) is 4.79 Å². The third kappa shape index (κ3) is 3.24. The molecule has 0 saturated carbocycles. The van der Waals surface area contributed by atoms with Gasteiger partial charge < -0.3 is 4.74 Å². The Hall–Kier alpha value is -2.68. The molecule has 116 valence electrons. The van der Waals surface area contributed by atoms with Crippen LogP contribution in [0, 0.1) is 0 Å². The van der Waals surface area contributed by atoms with Crippen molar-refractivity contribution in [2.45, 2.75) is 19.8 Å². The zero-order chi connectivity index (χ0) is 16.1. The first kappa shape index (κ1) is 15.2. The lowest BCUT2D eigenvalue weighted by Gasteiger charge is -2.11. The number of unbranched alkanes of at least 4 members (excludes halogenated alkanes) is 1. The molecule has 0 atom stereocenters. The predicted molar refractivity (Wildman–Crippen MR) is 92.4 cm³/mol. The number of esters is 1. The van der Waals surface area contributed by atoms with Crippen molar-refractivity contribution in [2.24, 2.45) is 0 Å². The number of pyridine rings is 1. The van der Waals surface area contributed by atoms with Gasteiger partial charge in [0.2, 0.25) is 0 Å². The van der Waals surface area contributed by atoms with Gasteiger partial charge in [-0.05, 0) is 29.0 Å². The zero-order valence-electron chi connectivity index (χ0n) is 13.2. The van der Waals surface area contributed by atoms with Gasteiger partial charge in [0.15, 0.2) is 5.69 Å². The summed E-state index contributed by atoms with van der Waals surface area (Å²) >= 11 is 0. The van der Waals surface area contributed by atoms with Gasteiger partial charge in [-0.25, -0.2) is 9.78 Å². The van der Waals surface area contributed by atoms with Gasteiger partial charge in [0.05, 0.1) is 6.61 Å². The average molecular weight is 305 g/mol. The van der Waals surface area contributed by atoms with Crippen LogP contribution in [0.2, 0.25) is 0 Å². The first-order valence-electron chi connectivity index (χ1n) is 7.91. The van der Waals surface area contributed by atoms with Gasteiger partial charge in [0.25, 0.3) is 0 Å². The van der Waals surface area contributed by atoms with Gasteiger partial charge in [0, 0.05) is 11.6 Å². The zero-order valence-corrected chi connectivity index (χ0v) is 13.2. The summed E-state index contributed by atoms with van der Waals surface area (Å²) < 4.78 is 5.37. The number of nitrogens with zero attached hydrogens (tertiary/aromatic N) is 1. The quantitative estimate of drug-likeness (QED) is 0.499. The van der Waals surface area contributed by atoms with Crippen molar-refractivity contribution in [3.8, 4) is 11.1 Å². The summed E-state index contributed by atoms with van der Waals surface area (Å²) in [6.07, 6.45) is 3.51. The van der Waals surface area contributed by atoms with E-state index in [0.29, 0.717) is 12.3 Å². The van der Waals surface area contributed by atoms with Crippen LogP contribution < -0.4 is 0 Å². The van der Waals surface area contributed by atoms with Crippen molar-refractivity contribution in [3.05, 3.63) is 66.5 Å². The van der Waals surface area contributed by atoms with Crippen LogP contribution in [0.1, 0.15) is 30.3 Å². The molecule has 23 heavy (non-hydrogen) atoms. The summed E-state index contributed by atoms with van der Waals surface area (Å²) in [7, 11) is 0. The lowest BCUT2D eigenvalue weighted by Crippen LogP contribution is -2.09. The van der Waals surface area contributed by atoms with E-state index in [-0.39, 0.29) is 5.97 Å². The van der Waals surface area contributed by atoms with Crippen LogP contribution in [0.5, 0.6) is 0 Å². The van der Waals surface area contributed by atoms with Crippen LogP contribution in [0.4, 0.5) is 0 Å². The first-order chi connectivity index (χ1) is 11.3. The molecule has 3 rings (SSSR count). The number of rotatable bonds is 5.